The molecule has 0 aromatic rings. The van der Waals surface area contributed by atoms with E-state index in [1.807, 2.05) is 0 Å². The molecule has 1 aliphatic rings. The molecule has 4 heteroatoms. The maximum absolute atomic E-state index is 5.22. The molecule has 0 aromatic carbocycles. The van der Waals surface area contributed by atoms with Crippen LogP contribution in [0.1, 0.15) is 25.7 Å². The van der Waals surface area contributed by atoms with Crippen LogP contribution in [0, 0.1) is 0 Å². The van der Waals surface area contributed by atoms with Crippen LogP contribution in [0.15, 0.2) is 22.4 Å². The molecule has 0 aliphatic heterocycles. The first kappa shape index (κ1) is 8.77. The number of nitrogens with two attached hydrogens (primary N) is 2. The Hall–Kier alpha value is -1.32. The molecule has 12 heavy (non-hydrogen) atoms. The zero-order valence-corrected chi connectivity index (χ0v) is 7.03. The molecule has 0 amide bonds. The van der Waals surface area contributed by atoms with Crippen LogP contribution in [-0.4, -0.2) is 11.4 Å². The summed E-state index contributed by atoms with van der Waals surface area (Å²) >= 11 is 0. The van der Waals surface area contributed by atoms with E-state index < -0.39 is 0 Å². The lowest BCUT2D eigenvalue weighted by Crippen LogP contribution is -2.18. The van der Waals surface area contributed by atoms with Crippen LogP contribution < -0.4 is 11.7 Å². The number of nitrogens with zero attached hydrogens (tertiary/aromatic N) is 2. The highest BCUT2D eigenvalue weighted by Crippen LogP contribution is 2.07. The maximum atomic E-state index is 5.22. The number of allylic oxidation sites excluding steroid dienone is 2. The molecular weight excluding hydrogens is 152 g/mol. The number of hydrazone groups is 2. The predicted octanol–water partition coefficient (Wildman–Crippen LogP) is 0.746. The van der Waals surface area contributed by atoms with E-state index in [0.29, 0.717) is 0 Å². The number of rotatable bonds is 0. The average Bonchev–Trinajstić information content (AvgIpc) is 2.05. The van der Waals surface area contributed by atoms with Gasteiger partial charge in [-0.25, -0.2) is 0 Å². The van der Waals surface area contributed by atoms with Gasteiger partial charge >= 0.3 is 0 Å². The highest BCUT2D eigenvalue weighted by atomic mass is 15.2. The van der Waals surface area contributed by atoms with Gasteiger partial charge in [0.05, 0.1) is 11.4 Å². The molecule has 0 fully saturated rings. The summed E-state index contributed by atoms with van der Waals surface area (Å²) < 4.78 is 0. The Morgan fingerprint density at radius 1 is 0.917 bits per heavy atom. The first-order chi connectivity index (χ1) is 5.88. The van der Waals surface area contributed by atoms with E-state index in [2.05, 4.69) is 22.4 Å². The lowest BCUT2D eigenvalue weighted by atomic mass is 10.0. The monoisotopic (exact) mass is 166 g/mol. The molecular formula is C8H14N4. The lowest BCUT2D eigenvalue weighted by Gasteiger charge is -2.07. The van der Waals surface area contributed by atoms with Crippen LogP contribution in [0.2, 0.25) is 0 Å². The molecule has 1 rings (SSSR count). The van der Waals surface area contributed by atoms with E-state index in [-0.39, 0.29) is 0 Å². The van der Waals surface area contributed by atoms with Gasteiger partial charge < -0.3 is 11.7 Å². The minimum atomic E-state index is 0.835. The van der Waals surface area contributed by atoms with Gasteiger partial charge in [0.2, 0.25) is 0 Å². The Morgan fingerprint density at radius 3 is 1.67 bits per heavy atom. The van der Waals surface area contributed by atoms with Crippen molar-refractivity contribution >= 4 is 11.4 Å². The molecule has 0 unspecified atom stereocenters. The molecule has 0 atom stereocenters. The van der Waals surface area contributed by atoms with Gasteiger partial charge in [-0.15, -0.1) is 0 Å². The summed E-state index contributed by atoms with van der Waals surface area (Å²) in [6.07, 6.45) is 7.88. The van der Waals surface area contributed by atoms with Gasteiger partial charge in [0.15, 0.2) is 0 Å². The Kier molecular flexibility index (Phi) is 3.32. The molecule has 4 nitrogen and oxygen atoms in total. The van der Waals surface area contributed by atoms with E-state index in [1.54, 1.807) is 0 Å². The first-order valence-corrected chi connectivity index (χ1v) is 4.07. The topological polar surface area (TPSA) is 76.8 Å². The van der Waals surface area contributed by atoms with Crippen molar-refractivity contribution in [1.29, 1.82) is 0 Å². The third-order valence-electron chi connectivity index (χ3n) is 1.91. The van der Waals surface area contributed by atoms with Crippen molar-refractivity contribution in [2.45, 2.75) is 25.7 Å². The molecule has 0 heterocycles. The van der Waals surface area contributed by atoms with E-state index in [9.17, 15) is 0 Å². The molecule has 0 spiro atoms. The van der Waals surface area contributed by atoms with Crippen LogP contribution in [-0.2, 0) is 0 Å². The molecule has 0 aromatic heterocycles. The van der Waals surface area contributed by atoms with E-state index in [0.717, 1.165) is 37.1 Å². The van der Waals surface area contributed by atoms with Crippen LogP contribution in [0.25, 0.3) is 0 Å². The van der Waals surface area contributed by atoms with Gasteiger partial charge in [-0.3, -0.25) is 0 Å². The van der Waals surface area contributed by atoms with Crippen molar-refractivity contribution < 1.29 is 0 Å². The minimum Gasteiger partial charge on any atom is -0.323 e. The summed E-state index contributed by atoms with van der Waals surface area (Å²) in [4.78, 5) is 0. The van der Waals surface area contributed by atoms with Gasteiger partial charge in [0.25, 0.3) is 0 Å². The van der Waals surface area contributed by atoms with Crippen LogP contribution in [0.3, 0.4) is 0 Å². The van der Waals surface area contributed by atoms with E-state index in [4.69, 9.17) is 11.7 Å². The molecule has 0 radical (unpaired) electrons. The molecule has 4 N–H and O–H groups in total. The van der Waals surface area contributed by atoms with E-state index in [1.165, 1.54) is 0 Å². The second-order valence-electron chi connectivity index (χ2n) is 2.70. The van der Waals surface area contributed by atoms with Gasteiger partial charge in [-0.05, 0) is 25.7 Å². The van der Waals surface area contributed by atoms with Crippen molar-refractivity contribution in [3.05, 3.63) is 12.2 Å². The Balaban J connectivity index is 2.75. The fourth-order valence-electron chi connectivity index (χ4n) is 1.24. The lowest BCUT2D eigenvalue weighted by molar-refractivity contribution is 1.00. The van der Waals surface area contributed by atoms with Gasteiger partial charge in [0.1, 0.15) is 0 Å². The molecule has 66 valence electrons. The van der Waals surface area contributed by atoms with Crippen LogP contribution >= 0.6 is 0 Å². The first-order valence-electron chi connectivity index (χ1n) is 4.07. The molecule has 1 aliphatic carbocycles. The van der Waals surface area contributed by atoms with Crippen LogP contribution in [0.4, 0.5) is 0 Å². The summed E-state index contributed by atoms with van der Waals surface area (Å²) in [5, 5.41) is 7.35. The normalized spacial score (nSPS) is 28.3. The summed E-state index contributed by atoms with van der Waals surface area (Å²) in [5.41, 5.74) is 1.67. The maximum Gasteiger partial charge on any atom is 0.0835 e. The minimum absolute atomic E-state index is 0.835. The van der Waals surface area contributed by atoms with Crippen molar-refractivity contribution in [3.8, 4) is 0 Å². The zero-order chi connectivity index (χ0) is 8.81. The third-order valence-corrected chi connectivity index (χ3v) is 1.91. The molecule has 0 saturated heterocycles. The predicted molar refractivity (Wildman–Crippen MR) is 50.9 cm³/mol. The second-order valence-corrected chi connectivity index (χ2v) is 2.70. The zero-order valence-electron chi connectivity index (χ0n) is 7.03. The van der Waals surface area contributed by atoms with Gasteiger partial charge in [-0.1, -0.05) is 12.2 Å². The van der Waals surface area contributed by atoms with Gasteiger partial charge in [0, 0.05) is 0 Å². The fraction of sp³-hybridized carbons (Fsp3) is 0.500. The SMILES string of the molecule is NN=C1CC/C=C\CCC1=NN. The highest BCUT2D eigenvalue weighted by molar-refractivity contribution is 6.42. The summed E-state index contributed by atoms with van der Waals surface area (Å²) in [6, 6.07) is 0. The largest absolute Gasteiger partial charge is 0.323 e. The summed E-state index contributed by atoms with van der Waals surface area (Å²) in [6.45, 7) is 0. The van der Waals surface area contributed by atoms with E-state index >= 15 is 0 Å². The van der Waals surface area contributed by atoms with Crippen molar-refractivity contribution in [2.75, 3.05) is 0 Å². The molecule has 0 saturated carbocycles. The number of hydrogen-bond acceptors (Lipinski definition) is 4. The number of hydrogen-bond donors (Lipinski definition) is 2. The summed E-state index contributed by atoms with van der Waals surface area (Å²) in [5.74, 6) is 10.4. The third kappa shape index (κ3) is 2.08. The Labute approximate surface area is 72.0 Å². The smallest absolute Gasteiger partial charge is 0.0835 e. The van der Waals surface area contributed by atoms with Gasteiger partial charge in [-0.2, -0.15) is 10.2 Å². The molecule has 0 bridgehead atoms. The second kappa shape index (κ2) is 4.54. The Morgan fingerprint density at radius 2 is 1.33 bits per heavy atom. The van der Waals surface area contributed by atoms with Crippen molar-refractivity contribution in [1.82, 2.24) is 0 Å². The van der Waals surface area contributed by atoms with Crippen molar-refractivity contribution in [2.24, 2.45) is 21.9 Å². The highest BCUT2D eigenvalue weighted by Gasteiger charge is 2.09. The Bertz CT molecular complexity index is 203. The van der Waals surface area contributed by atoms with Crippen LogP contribution in [0.5, 0.6) is 0 Å². The van der Waals surface area contributed by atoms with Crippen molar-refractivity contribution in [3.63, 3.8) is 0 Å². The fourth-order valence-corrected chi connectivity index (χ4v) is 1.24. The summed E-state index contributed by atoms with van der Waals surface area (Å²) in [7, 11) is 0. The average molecular weight is 166 g/mol. The quantitative estimate of drug-likeness (QED) is 0.316. The standard InChI is InChI=1S/C8H14N4/c9-11-7-5-3-1-2-4-6-8(7)12-10/h1-2H,3-6,9-10H2/b2-1-,11-7?,12-8?.